The van der Waals surface area contributed by atoms with E-state index in [0.717, 1.165) is 6.26 Å². The van der Waals surface area contributed by atoms with Crippen molar-refractivity contribution in [2.75, 3.05) is 26.0 Å². The zero-order valence-corrected chi connectivity index (χ0v) is 20.0. The molecule has 0 fully saturated rings. The van der Waals surface area contributed by atoms with Crippen molar-refractivity contribution in [2.45, 2.75) is 32.6 Å². The summed E-state index contributed by atoms with van der Waals surface area (Å²) in [6.45, 7) is 1.94. The number of aromatic nitrogens is 2. The number of carbonyl (C=O) groups excluding carboxylic acids is 2. The van der Waals surface area contributed by atoms with Crippen LogP contribution in [0.4, 0.5) is 13.2 Å². The van der Waals surface area contributed by atoms with Crippen LogP contribution < -0.4 is 14.8 Å². The van der Waals surface area contributed by atoms with Gasteiger partial charge in [0.15, 0.2) is 6.61 Å². The molecule has 0 radical (unpaired) electrons. The van der Waals surface area contributed by atoms with E-state index in [-0.39, 0.29) is 37.1 Å². The molecule has 1 atom stereocenters. The molecule has 1 aliphatic rings. The van der Waals surface area contributed by atoms with Gasteiger partial charge < -0.3 is 15.0 Å². The molecule has 3 rings (SSSR count). The summed E-state index contributed by atoms with van der Waals surface area (Å²) in [7, 11) is -3.39. The van der Waals surface area contributed by atoms with Crippen LogP contribution in [0.1, 0.15) is 50.5 Å². The van der Waals surface area contributed by atoms with Crippen molar-refractivity contribution in [2.24, 2.45) is 0 Å². The van der Waals surface area contributed by atoms with E-state index in [1.54, 1.807) is 19.9 Å². The van der Waals surface area contributed by atoms with E-state index in [1.807, 2.05) is 0 Å². The molecule has 0 saturated carbocycles. The summed E-state index contributed by atoms with van der Waals surface area (Å²) in [6, 6.07) is 2.59. The molecule has 0 aliphatic carbocycles. The number of rotatable bonds is 9. The van der Waals surface area contributed by atoms with Gasteiger partial charge in [-0.2, -0.15) is 13.2 Å². The fourth-order valence-electron chi connectivity index (χ4n) is 3.55. The van der Waals surface area contributed by atoms with Crippen molar-refractivity contribution < 1.29 is 35.9 Å². The predicted octanol–water partition coefficient (Wildman–Crippen LogP) is 1.72. The minimum Gasteiger partial charge on any atom is -0.468 e. The molecule has 190 valence electrons. The van der Waals surface area contributed by atoms with E-state index in [0.29, 0.717) is 22.3 Å². The lowest BCUT2D eigenvalue weighted by Gasteiger charge is -2.25. The van der Waals surface area contributed by atoms with Crippen LogP contribution in [-0.4, -0.2) is 67.2 Å². The number of sulfonamides is 1. The van der Waals surface area contributed by atoms with Crippen LogP contribution in [0.5, 0.6) is 5.88 Å². The van der Waals surface area contributed by atoms with Crippen LogP contribution in [0.3, 0.4) is 0 Å². The van der Waals surface area contributed by atoms with Crippen LogP contribution in [0.25, 0.3) is 0 Å². The number of pyridine rings is 2. The Morgan fingerprint density at radius 3 is 2.63 bits per heavy atom. The van der Waals surface area contributed by atoms with Gasteiger partial charge >= 0.3 is 6.18 Å². The van der Waals surface area contributed by atoms with Crippen molar-refractivity contribution in [1.82, 2.24) is 24.9 Å². The number of hydrogen-bond donors (Lipinski definition) is 2. The molecule has 2 aromatic rings. The maximum atomic E-state index is 13.0. The van der Waals surface area contributed by atoms with Crippen molar-refractivity contribution in [3.05, 3.63) is 52.5 Å². The van der Waals surface area contributed by atoms with Gasteiger partial charge in [0.05, 0.1) is 12.3 Å². The van der Waals surface area contributed by atoms with Crippen LogP contribution >= 0.6 is 0 Å². The number of aryl methyl sites for hydroxylation is 1. The third-order valence-corrected chi connectivity index (χ3v) is 5.97. The number of halogens is 3. The first-order valence-corrected chi connectivity index (χ1v) is 12.3. The van der Waals surface area contributed by atoms with Crippen LogP contribution in [0, 0.1) is 6.92 Å². The molecule has 0 bridgehead atoms. The summed E-state index contributed by atoms with van der Waals surface area (Å²) < 4.78 is 66.5. The molecule has 1 unspecified atom stereocenters. The second-order valence-electron chi connectivity index (χ2n) is 8.01. The van der Waals surface area contributed by atoms with Gasteiger partial charge in [0.25, 0.3) is 11.8 Å². The van der Waals surface area contributed by atoms with Crippen molar-refractivity contribution in [3.8, 4) is 5.88 Å². The topological polar surface area (TPSA) is 131 Å². The quantitative estimate of drug-likeness (QED) is 0.487. The van der Waals surface area contributed by atoms with Crippen molar-refractivity contribution in [1.29, 1.82) is 0 Å². The Hall–Kier alpha value is -3.26. The second-order valence-corrected chi connectivity index (χ2v) is 9.84. The number of ether oxygens (including phenoxy) is 1. The summed E-state index contributed by atoms with van der Waals surface area (Å²) in [5.41, 5.74) is 1.74. The molecular weight excluding hydrogens is 491 g/mol. The van der Waals surface area contributed by atoms with E-state index in [1.165, 1.54) is 23.4 Å². The highest BCUT2D eigenvalue weighted by atomic mass is 32.2. The molecule has 1 aliphatic heterocycles. The molecule has 0 spiro atoms. The molecule has 2 aromatic heterocycles. The highest BCUT2D eigenvalue weighted by molar-refractivity contribution is 7.88. The molecule has 14 heteroatoms. The monoisotopic (exact) mass is 515 g/mol. The molecule has 0 saturated heterocycles. The van der Waals surface area contributed by atoms with Crippen LogP contribution in [-0.2, 0) is 16.6 Å². The molecule has 10 nitrogen and oxygen atoms in total. The predicted molar refractivity (Wildman–Crippen MR) is 118 cm³/mol. The van der Waals surface area contributed by atoms with Gasteiger partial charge in [0.1, 0.15) is 5.69 Å². The lowest BCUT2D eigenvalue weighted by Crippen LogP contribution is -2.35. The third kappa shape index (κ3) is 6.66. The first-order valence-electron chi connectivity index (χ1n) is 10.4. The summed E-state index contributed by atoms with van der Waals surface area (Å²) >= 11 is 0. The normalized spacial score (nSPS) is 14.6. The number of alkyl halides is 3. The molecule has 3 heterocycles. The van der Waals surface area contributed by atoms with Crippen molar-refractivity contribution >= 4 is 21.8 Å². The molecule has 35 heavy (non-hydrogen) atoms. The number of nitrogens with one attached hydrogen (secondary N) is 2. The van der Waals surface area contributed by atoms with Crippen LogP contribution in [0.2, 0.25) is 0 Å². The van der Waals surface area contributed by atoms with Gasteiger partial charge in [-0.1, -0.05) is 0 Å². The van der Waals surface area contributed by atoms with Gasteiger partial charge in [-0.05, 0) is 31.5 Å². The highest BCUT2D eigenvalue weighted by Gasteiger charge is 2.35. The van der Waals surface area contributed by atoms with Crippen LogP contribution in [0.15, 0.2) is 24.5 Å². The van der Waals surface area contributed by atoms with E-state index in [2.05, 4.69) is 20.0 Å². The first-order chi connectivity index (χ1) is 16.3. The first kappa shape index (κ1) is 26.3. The van der Waals surface area contributed by atoms with E-state index >= 15 is 0 Å². The smallest absolute Gasteiger partial charge is 0.422 e. The SMILES string of the molecule is Cc1cc(C(C)N2Cc3c(ccnc3C(=O)NCCNS(C)(=O)=O)C2=O)cnc1OCC(F)(F)F. The Balaban J connectivity index is 1.72. The summed E-state index contributed by atoms with van der Waals surface area (Å²) in [5.74, 6) is -1.04. The minimum atomic E-state index is -4.49. The Morgan fingerprint density at radius 1 is 1.29 bits per heavy atom. The van der Waals surface area contributed by atoms with E-state index in [9.17, 15) is 31.2 Å². The second kappa shape index (κ2) is 10.2. The Bertz CT molecular complexity index is 1240. The zero-order valence-electron chi connectivity index (χ0n) is 19.1. The fraction of sp³-hybridized carbons (Fsp3) is 0.429. The number of fused-ring (bicyclic) bond motifs is 1. The van der Waals surface area contributed by atoms with Crippen molar-refractivity contribution in [3.63, 3.8) is 0 Å². The molecular formula is C21H24F3N5O5S. The van der Waals surface area contributed by atoms with E-state index in [4.69, 9.17) is 4.74 Å². The number of hydrogen-bond acceptors (Lipinski definition) is 7. The summed E-state index contributed by atoms with van der Waals surface area (Å²) in [5, 5.41) is 2.57. The van der Waals surface area contributed by atoms with Gasteiger partial charge in [0, 0.05) is 48.7 Å². The average molecular weight is 516 g/mol. The van der Waals surface area contributed by atoms with Gasteiger partial charge in [-0.15, -0.1) is 0 Å². The largest absolute Gasteiger partial charge is 0.468 e. The minimum absolute atomic E-state index is 0.00326. The molecule has 2 N–H and O–H groups in total. The molecule has 0 aromatic carbocycles. The van der Waals surface area contributed by atoms with Gasteiger partial charge in [0.2, 0.25) is 15.9 Å². The summed E-state index contributed by atoms with van der Waals surface area (Å²) in [6.07, 6.45) is -0.800. The summed E-state index contributed by atoms with van der Waals surface area (Å²) in [4.78, 5) is 35.2. The zero-order chi connectivity index (χ0) is 26.0. The lowest BCUT2D eigenvalue weighted by molar-refractivity contribution is -0.154. The maximum absolute atomic E-state index is 13.0. The Labute approximate surface area is 199 Å². The highest BCUT2D eigenvalue weighted by Crippen LogP contribution is 2.33. The number of nitrogens with zero attached hydrogens (tertiary/aromatic N) is 3. The number of amides is 2. The van der Waals surface area contributed by atoms with E-state index < -0.39 is 34.8 Å². The van der Waals surface area contributed by atoms with Gasteiger partial charge in [-0.3, -0.25) is 14.6 Å². The fourth-order valence-corrected chi connectivity index (χ4v) is 4.02. The lowest BCUT2D eigenvalue weighted by atomic mass is 10.1. The number of carbonyl (C=O) groups is 2. The Kier molecular flexibility index (Phi) is 7.65. The Morgan fingerprint density at radius 2 is 2.00 bits per heavy atom. The molecule has 2 amide bonds. The third-order valence-electron chi connectivity index (χ3n) is 5.24. The average Bonchev–Trinajstić information content (AvgIpc) is 3.10. The standard InChI is InChI=1S/C21H24F3N5O5S/c1-12-8-14(9-27-19(12)34-11-21(22,23)24)13(2)29-10-16-15(20(29)31)4-5-25-17(16)18(30)26-6-7-28-35(3,32)33/h4-5,8-9,13,28H,6-7,10-11H2,1-3H3,(H,26,30). The van der Waals surface area contributed by atoms with Gasteiger partial charge in [-0.25, -0.2) is 18.1 Å². The maximum Gasteiger partial charge on any atom is 0.422 e.